The Morgan fingerprint density at radius 2 is 1.67 bits per heavy atom. The monoisotopic (exact) mass is 300 g/mol. The van der Waals surface area contributed by atoms with Crippen molar-refractivity contribution >= 4 is 21.6 Å². The number of anilines is 1. The van der Waals surface area contributed by atoms with Gasteiger partial charge in [-0.05, 0) is 42.0 Å². The molecule has 0 atom stereocenters. The van der Waals surface area contributed by atoms with E-state index in [0.717, 1.165) is 16.7 Å². The highest BCUT2D eigenvalue weighted by Crippen LogP contribution is 2.17. The first kappa shape index (κ1) is 12.7. The van der Waals surface area contributed by atoms with Crippen LogP contribution in [0.15, 0.2) is 53.0 Å². The van der Waals surface area contributed by atoms with Gasteiger partial charge in [-0.2, -0.15) is 5.26 Å². The summed E-state index contributed by atoms with van der Waals surface area (Å²) in [4.78, 5) is 2.16. The summed E-state index contributed by atoms with van der Waals surface area (Å²) in [7, 11) is 2.05. The van der Waals surface area contributed by atoms with Crippen LogP contribution in [0.1, 0.15) is 11.1 Å². The molecule has 2 aromatic carbocycles. The SMILES string of the molecule is CN(Cc1ccc(Br)cc1)c1ccc(C#N)cc1. The molecule has 0 unspecified atom stereocenters. The summed E-state index contributed by atoms with van der Waals surface area (Å²) in [5.41, 5.74) is 3.05. The molecule has 90 valence electrons. The van der Waals surface area contributed by atoms with Crippen LogP contribution in [0.5, 0.6) is 0 Å². The number of rotatable bonds is 3. The second-order valence-electron chi connectivity index (χ2n) is 4.14. The molecule has 0 spiro atoms. The van der Waals surface area contributed by atoms with Crippen molar-refractivity contribution in [3.63, 3.8) is 0 Å². The van der Waals surface area contributed by atoms with E-state index in [0.29, 0.717) is 5.56 Å². The molecule has 2 nitrogen and oxygen atoms in total. The second kappa shape index (κ2) is 5.70. The summed E-state index contributed by atoms with van der Waals surface area (Å²) in [5.74, 6) is 0. The fraction of sp³-hybridized carbons (Fsp3) is 0.133. The lowest BCUT2D eigenvalue weighted by atomic mass is 10.2. The quantitative estimate of drug-likeness (QED) is 0.858. The van der Waals surface area contributed by atoms with E-state index in [9.17, 15) is 0 Å². The van der Waals surface area contributed by atoms with E-state index in [2.05, 4.69) is 39.0 Å². The smallest absolute Gasteiger partial charge is 0.0991 e. The van der Waals surface area contributed by atoms with Crippen LogP contribution in [0, 0.1) is 11.3 Å². The summed E-state index contributed by atoms with van der Waals surface area (Å²) in [5, 5.41) is 8.76. The van der Waals surface area contributed by atoms with Crippen LogP contribution in [0.25, 0.3) is 0 Å². The number of nitriles is 1. The summed E-state index contributed by atoms with van der Waals surface area (Å²) in [6.45, 7) is 0.846. The molecule has 0 aromatic heterocycles. The summed E-state index contributed by atoms with van der Waals surface area (Å²) >= 11 is 3.43. The molecule has 0 bridgehead atoms. The molecule has 0 heterocycles. The minimum absolute atomic E-state index is 0.691. The van der Waals surface area contributed by atoms with E-state index in [4.69, 9.17) is 5.26 Å². The number of benzene rings is 2. The molecular weight excluding hydrogens is 288 g/mol. The first-order chi connectivity index (χ1) is 8.69. The maximum absolute atomic E-state index is 8.76. The summed E-state index contributed by atoms with van der Waals surface area (Å²) < 4.78 is 1.09. The molecule has 18 heavy (non-hydrogen) atoms. The van der Waals surface area contributed by atoms with Crippen molar-refractivity contribution in [2.75, 3.05) is 11.9 Å². The van der Waals surface area contributed by atoms with Gasteiger partial charge in [0.1, 0.15) is 0 Å². The maximum atomic E-state index is 8.76. The average molecular weight is 301 g/mol. The minimum atomic E-state index is 0.691. The first-order valence-electron chi connectivity index (χ1n) is 5.65. The van der Waals surface area contributed by atoms with Crippen LogP contribution in [-0.4, -0.2) is 7.05 Å². The second-order valence-corrected chi connectivity index (χ2v) is 5.06. The van der Waals surface area contributed by atoms with Crippen LogP contribution in [0.4, 0.5) is 5.69 Å². The molecule has 2 rings (SSSR count). The number of hydrogen-bond donors (Lipinski definition) is 0. The molecule has 0 saturated heterocycles. The van der Waals surface area contributed by atoms with Gasteiger partial charge in [-0.1, -0.05) is 28.1 Å². The van der Waals surface area contributed by atoms with Crippen molar-refractivity contribution in [2.24, 2.45) is 0 Å². The van der Waals surface area contributed by atoms with Gasteiger partial charge in [0.25, 0.3) is 0 Å². The molecule has 0 aliphatic heterocycles. The topological polar surface area (TPSA) is 27.0 Å². The Bertz CT molecular complexity index is 553. The van der Waals surface area contributed by atoms with Crippen LogP contribution < -0.4 is 4.90 Å². The minimum Gasteiger partial charge on any atom is -0.370 e. The molecule has 0 N–H and O–H groups in total. The molecule has 3 heteroatoms. The van der Waals surface area contributed by atoms with Crippen molar-refractivity contribution in [1.82, 2.24) is 0 Å². The highest BCUT2D eigenvalue weighted by molar-refractivity contribution is 9.10. The fourth-order valence-electron chi connectivity index (χ4n) is 1.75. The van der Waals surface area contributed by atoms with Gasteiger partial charge in [0, 0.05) is 23.8 Å². The lowest BCUT2D eigenvalue weighted by Gasteiger charge is -2.19. The van der Waals surface area contributed by atoms with Crippen molar-refractivity contribution in [2.45, 2.75) is 6.54 Å². The van der Waals surface area contributed by atoms with Crippen LogP contribution >= 0.6 is 15.9 Å². The Kier molecular flexibility index (Phi) is 4.01. The average Bonchev–Trinajstić information content (AvgIpc) is 2.41. The predicted molar refractivity (Wildman–Crippen MR) is 77.4 cm³/mol. The van der Waals surface area contributed by atoms with Gasteiger partial charge in [0.05, 0.1) is 11.6 Å². The van der Waals surface area contributed by atoms with E-state index < -0.39 is 0 Å². The summed E-state index contributed by atoms with van der Waals surface area (Å²) in [6, 6.07) is 18.0. The van der Waals surface area contributed by atoms with Gasteiger partial charge in [-0.15, -0.1) is 0 Å². The molecular formula is C15H13BrN2. The van der Waals surface area contributed by atoms with Gasteiger partial charge in [-0.3, -0.25) is 0 Å². The third kappa shape index (κ3) is 3.12. The van der Waals surface area contributed by atoms with E-state index in [1.165, 1.54) is 5.56 Å². The Hall–Kier alpha value is -1.79. The third-order valence-electron chi connectivity index (χ3n) is 2.77. The Morgan fingerprint density at radius 1 is 1.06 bits per heavy atom. The fourth-order valence-corrected chi connectivity index (χ4v) is 2.01. The van der Waals surface area contributed by atoms with E-state index in [1.807, 2.05) is 43.4 Å². The largest absolute Gasteiger partial charge is 0.370 e. The van der Waals surface area contributed by atoms with Gasteiger partial charge >= 0.3 is 0 Å². The van der Waals surface area contributed by atoms with Crippen LogP contribution in [0.3, 0.4) is 0 Å². The molecule has 0 aliphatic rings. The van der Waals surface area contributed by atoms with Crippen LogP contribution in [-0.2, 0) is 6.54 Å². The normalized spacial score (nSPS) is 9.83. The van der Waals surface area contributed by atoms with Gasteiger partial charge in [-0.25, -0.2) is 0 Å². The van der Waals surface area contributed by atoms with Crippen molar-refractivity contribution in [1.29, 1.82) is 5.26 Å². The number of hydrogen-bond acceptors (Lipinski definition) is 2. The van der Waals surface area contributed by atoms with Gasteiger partial charge in [0.2, 0.25) is 0 Å². The zero-order chi connectivity index (χ0) is 13.0. The number of nitrogens with zero attached hydrogens (tertiary/aromatic N) is 2. The van der Waals surface area contributed by atoms with E-state index in [1.54, 1.807) is 0 Å². The Balaban J connectivity index is 2.09. The molecule has 2 aromatic rings. The Morgan fingerprint density at radius 3 is 2.22 bits per heavy atom. The predicted octanol–water partition coefficient (Wildman–Crippen LogP) is 3.96. The third-order valence-corrected chi connectivity index (χ3v) is 3.30. The highest BCUT2D eigenvalue weighted by atomic mass is 79.9. The molecule has 0 amide bonds. The maximum Gasteiger partial charge on any atom is 0.0991 e. The highest BCUT2D eigenvalue weighted by Gasteiger charge is 2.02. The lowest BCUT2D eigenvalue weighted by Crippen LogP contribution is -2.16. The zero-order valence-corrected chi connectivity index (χ0v) is 11.7. The number of halogens is 1. The van der Waals surface area contributed by atoms with Gasteiger partial charge in [0.15, 0.2) is 0 Å². The summed E-state index contributed by atoms with van der Waals surface area (Å²) in [6.07, 6.45) is 0. The lowest BCUT2D eigenvalue weighted by molar-refractivity contribution is 0.923. The molecule has 0 aliphatic carbocycles. The van der Waals surface area contributed by atoms with Crippen LogP contribution in [0.2, 0.25) is 0 Å². The van der Waals surface area contributed by atoms with Gasteiger partial charge < -0.3 is 4.90 Å². The molecule has 0 saturated carbocycles. The molecule has 0 radical (unpaired) electrons. The zero-order valence-electron chi connectivity index (χ0n) is 10.1. The van der Waals surface area contributed by atoms with Crippen molar-refractivity contribution in [3.8, 4) is 6.07 Å². The Labute approximate surface area is 116 Å². The van der Waals surface area contributed by atoms with E-state index in [-0.39, 0.29) is 0 Å². The first-order valence-corrected chi connectivity index (χ1v) is 6.44. The van der Waals surface area contributed by atoms with Crippen molar-refractivity contribution in [3.05, 3.63) is 64.1 Å². The standard InChI is InChI=1S/C15H13BrN2/c1-18(11-13-2-6-14(16)7-3-13)15-8-4-12(10-17)5-9-15/h2-9H,11H2,1H3. The van der Waals surface area contributed by atoms with E-state index >= 15 is 0 Å². The van der Waals surface area contributed by atoms with Crippen molar-refractivity contribution < 1.29 is 0 Å². The molecule has 0 fully saturated rings.